The van der Waals surface area contributed by atoms with E-state index in [1.807, 2.05) is 31.2 Å². The van der Waals surface area contributed by atoms with E-state index in [-0.39, 0.29) is 24.0 Å². The van der Waals surface area contributed by atoms with Crippen LogP contribution in [0.4, 0.5) is 5.69 Å². The highest BCUT2D eigenvalue weighted by molar-refractivity contribution is 14.0. The molecule has 0 radical (unpaired) electrons. The van der Waals surface area contributed by atoms with E-state index in [4.69, 9.17) is 25.8 Å². The number of anilines is 1. The van der Waals surface area contributed by atoms with Crippen molar-refractivity contribution < 1.29 is 14.2 Å². The molecule has 9 heteroatoms. The van der Waals surface area contributed by atoms with Crippen LogP contribution in [0.25, 0.3) is 0 Å². The van der Waals surface area contributed by atoms with Crippen LogP contribution in [0.2, 0.25) is 5.02 Å². The van der Waals surface area contributed by atoms with Gasteiger partial charge in [0.15, 0.2) is 5.96 Å². The molecule has 2 rings (SSSR count). The Bertz CT molecular complexity index is 749. The number of benzene rings is 1. The maximum atomic E-state index is 6.02. The zero-order chi connectivity index (χ0) is 20.0. The molecular weight excluding hydrogens is 507 g/mol. The number of guanidine groups is 1. The van der Waals surface area contributed by atoms with Crippen LogP contribution in [-0.2, 0) is 4.74 Å². The van der Waals surface area contributed by atoms with Gasteiger partial charge in [-0.05, 0) is 31.2 Å². The lowest BCUT2D eigenvalue weighted by Gasteiger charge is -2.13. The SMILES string of the molecule is CCNC(=NCCOc1ncccc1Cl)Nc1cccc(OCCCOC)c1.I. The molecule has 0 bridgehead atoms. The number of hydrogen-bond donors (Lipinski definition) is 2. The summed E-state index contributed by atoms with van der Waals surface area (Å²) in [7, 11) is 1.68. The maximum Gasteiger partial charge on any atom is 0.232 e. The van der Waals surface area contributed by atoms with E-state index in [1.165, 1.54) is 0 Å². The molecule has 0 aliphatic carbocycles. The van der Waals surface area contributed by atoms with Crippen LogP contribution in [0.5, 0.6) is 11.6 Å². The van der Waals surface area contributed by atoms with Crippen LogP contribution >= 0.6 is 35.6 Å². The number of pyridine rings is 1. The van der Waals surface area contributed by atoms with Gasteiger partial charge in [-0.3, -0.25) is 0 Å². The summed E-state index contributed by atoms with van der Waals surface area (Å²) in [5.41, 5.74) is 0.887. The van der Waals surface area contributed by atoms with Crippen LogP contribution in [0, 0.1) is 0 Å². The molecule has 29 heavy (non-hydrogen) atoms. The predicted octanol–water partition coefficient (Wildman–Crippen LogP) is 4.22. The molecular formula is C20H28ClIN4O3. The van der Waals surface area contributed by atoms with Crippen molar-refractivity contribution in [2.24, 2.45) is 4.99 Å². The molecule has 160 valence electrons. The zero-order valence-corrected chi connectivity index (χ0v) is 19.8. The van der Waals surface area contributed by atoms with Crippen molar-refractivity contribution in [2.75, 3.05) is 45.3 Å². The molecule has 0 saturated heterocycles. The predicted molar refractivity (Wildman–Crippen MR) is 128 cm³/mol. The van der Waals surface area contributed by atoms with Gasteiger partial charge < -0.3 is 24.8 Å². The summed E-state index contributed by atoms with van der Waals surface area (Å²) in [6.45, 7) is 4.87. The minimum Gasteiger partial charge on any atom is -0.493 e. The molecule has 0 amide bonds. The molecule has 1 heterocycles. The number of aromatic nitrogens is 1. The van der Waals surface area contributed by atoms with E-state index in [0.29, 0.717) is 43.2 Å². The average Bonchev–Trinajstić information content (AvgIpc) is 2.70. The summed E-state index contributed by atoms with van der Waals surface area (Å²) in [4.78, 5) is 8.60. The fourth-order valence-corrected chi connectivity index (χ4v) is 2.45. The number of rotatable bonds is 11. The first-order valence-corrected chi connectivity index (χ1v) is 9.61. The summed E-state index contributed by atoms with van der Waals surface area (Å²) in [6.07, 6.45) is 2.49. The monoisotopic (exact) mass is 534 g/mol. The smallest absolute Gasteiger partial charge is 0.232 e. The van der Waals surface area contributed by atoms with E-state index in [9.17, 15) is 0 Å². The Morgan fingerprint density at radius 2 is 2.00 bits per heavy atom. The quantitative estimate of drug-likeness (QED) is 0.195. The van der Waals surface area contributed by atoms with Gasteiger partial charge in [0.05, 0.1) is 13.2 Å². The van der Waals surface area contributed by atoms with Crippen LogP contribution in [0.1, 0.15) is 13.3 Å². The second-order valence-electron chi connectivity index (χ2n) is 5.75. The lowest BCUT2D eigenvalue weighted by Crippen LogP contribution is -2.31. The van der Waals surface area contributed by atoms with E-state index in [1.54, 1.807) is 25.4 Å². The van der Waals surface area contributed by atoms with Crippen molar-refractivity contribution in [3.05, 3.63) is 47.6 Å². The van der Waals surface area contributed by atoms with Gasteiger partial charge in [0.1, 0.15) is 17.4 Å². The van der Waals surface area contributed by atoms with Crippen molar-refractivity contribution in [1.29, 1.82) is 0 Å². The topological polar surface area (TPSA) is 77.0 Å². The minimum absolute atomic E-state index is 0. The van der Waals surface area contributed by atoms with Gasteiger partial charge in [-0.1, -0.05) is 17.7 Å². The third-order valence-electron chi connectivity index (χ3n) is 3.53. The number of aliphatic imine (C=N–C) groups is 1. The zero-order valence-electron chi connectivity index (χ0n) is 16.7. The van der Waals surface area contributed by atoms with Gasteiger partial charge in [0.2, 0.25) is 5.88 Å². The number of nitrogens with one attached hydrogen (secondary N) is 2. The summed E-state index contributed by atoms with van der Waals surface area (Å²) in [5.74, 6) is 1.87. The fourth-order valence-electron chi connectivity index (χ4n) is 2.28. The van der Waals surface area contributed by atoms with Gasteiger partial charge in [0.25, 0.3) is 0 Å². The first kappa shape index (κ1) is 25.3. The van der Waals surface area contributed by atoms with E-state index in [0.717, 1.165) is 24.4 Å². The molecule has 1 aromatic carbocycles. The number of nitrogens with zero attached hydrogens (tertiary/aromatic N) is 2. The first-order chi connectivity index (χ1) is 13.7. The second kappa shape index (κ2) is 15.1. The molecule has 1 aromatic heterocycles. The standard InChI is InChI=1S/C20H27ClN4O3.HI/c1-3-22-20(24-11-14-28-19-18(21)9-5-10-23-19)25-16-7-4-8-17(15-16)27-13-6-12-26-2;/h4-5,7-10,15H,3,6,11-14H2,1-2H3,(H2,22,24,25);1H. The summed E-state index contributed by atoms with van der Waals surface area (Å²) in [5, 5.41) is 6.96. The van der Waals surface area contributed by atoms with Crippen molar-refractivity contribution in [1.82, 2.24) is 10.3 Å². The van der Waals surface area contributed by atoms with Gasteiger partial charge in [-0.2, -0.15) is 0 Å². The van der Waals surface area contributed by atoms with Crippen molar-refractivity contribution in [3.8, 4) is 11.6 Å². The first-order valence-electron chi connectivity index (χ1n) is 9.23. The Morgan fingerprint density at radius 3 is 2.76 bits per heavy atom. The van der Waals surface area contributed by atoms with E-state index < -0.39 is 0 Å². The Morgan fingerprint density at radius 1 is 1.14 bits per heavy atom. The number of methoxy groups -OCH3 is 1. The van der Waals surface area contributed by atoms with Crippen molar-refractivity contribution in [3.63, 3.8) is 0 Å². The normalized spacial score (nSPS) is 10.8. The molecule has 0 aliphatic heterocycles. The van der Waals surface area contributed by atoms with Crippen molar-refractivity contribution in [2.45, 2.75) is 13.3 Å². The summed E-state index contributed by atoms with van der Waals surface area (Å²) in [6, 6.07) is 11.2. The Balaban J connectivity index is 0.00000420. The molecule has 0 atom stereocenters. The second-order valence-corrected chi connectivity index (χ2v) is 6.15. The van der Waals surface area contributed by atoms with Gasteiger partial charge in [0, 0.05) is 44.6 Å². The lowest BCUT2D eigenvalue weighted by molar-refractivity contribution is 0.172. The van der Waals surface area contributed by atoms with Crippen molar-refractivity contribution >= 4 is 47.2 Å². The third-order valence-corrected chi connectivity index (χ3v) is 3.81. The summed E-state index contributed by atoms with van der Waals surface area (Å²) < 4.78 is 16.3. The van der Waals surface area contributed by atoms with Crippen LogP contribution in [0.3, 0.4) is 0 Å². The van der Waals surface area contributed by atoms with Crippen LogP contribution in [0.15, 0.2) is 47.6 Å². The number of ether oxygens (including phenoxy) is 3. The Kier molecular flexibility index (Phi) is 13.2. The molecule has 7 nitrogen and oxygen atoms in total. The van der Waals surface area contributed by atoms with Gasteiger partial charge >= 0.3 is 0 Å². The molecule has 0 fully saturated rings. The maximum absolute atomic E-state index is 6.02. The van der Waals surface area contributed by atoms with E-state index >= 15 is 0 Å². The highest BCUT2D eigenvalue weighted by atomic mass is 127. The minimum atomic E-state index is 0. The Hall–Kier alpha value is -1.78. The molecule has 2 N–H and O–H groups in total. The molecule has 0 spiro atoms. The van der Waals surface area contributed by atoms with E-state index in [2.05, 4.69) is 20.6 Å². The fraction of sp³-hybridized carbons (Fsp3) is 0.400. The Labute approximate surface area is 194 Å². The lowest BCUT2D eigenvalue weighted by atomic mass is 10.3. The van der Waals surface area contributed by atoms with Gasteiger partial charge in [-0.25, -0.2) is 9.98 Å². The largest absolute Gasteiger partial charge is 0.493 e. The highest BCUT2D eigenvalue weighted by Crippen LogP contribution is 2.20. The molecule has 0 unspecified atom stereocenters. The summed E-state index contributed by atoms with van der Waals surface area (Å²) >= 11 is 6.02. The van der Waals surface area contributed by atoms with Crippen LogP contribution in [-0.4, -0.2) is 51.0 Å². The van der Waals surface area contributed by atoms with Gasteiger partial charge in [-0.15, -0.1) is 24.0 Å². The average molecular weight is 535 g/mol. The molecule has 0 saturated carbocycles. The van der Waals surface area contributed by atoms with Crippen LogP contribution < -0.4 is 20.1 Å². The molecule has 0 aliphatic rings. The number of hydrogen-bond acceptors (Lipinski definition) is 5. The molecule has 2 aromatic rings. The third kappa shape index (κ3) is 10.00. The highest BCUT2D eigenvalue weighted by Gasteiger charge is 2.03. The number of halogens is 2.